The van der Waals surface area contributed by atoms with Crippen LogP contribution in [0.4, 0.5) is 0 Å². The molecule has 8 heteroatoms. The van der Waals surface area contributed by atoms with E-state index in [-0.39, 0.29) is 5.78 Å². The summed E-state index contributed by atoms with van der Waals surface area (Å²) < 4.78 is 7.83. The van der Waals surface area contributed by atoms with Gasteiger partial charge in [0.05, 0.1) is 12.2 Å². The van der Waals surface area contributed by atoms with Crippen LogP contribution in [-0.4, -0.2) is 37.9 Å². The molecule has 0 radical (unpaired) electrons. The zero-order valence-corrected chi connectivity index (χ0v) is 18.3. The first kappa shape index (κ1) is 21.1. The van der Waals surface area contributed by atoms with Crippen molar-refractivity contribution in [1.29, 1.82) is 0 Å². The second-order valence-electron chi connectivity index (χ2n) is 6.60. The largest absolute Gasteiger partial charge is 0.492 e. The monoisotopic (exact) mass is 450 g/mol. The molecule has 6 nitrogen and oxygen atoms in total. The van der Waals surface area contributed by atoms with Crippen molar-refractivity contribution in [2.24, 2.45) is 0 Å². The summed E-state index contributed by atoms with van der Waals surface area (Å²) in [4.78, 5) is 15.8. The molecule has 2 aromatic heterocycles. The van der Waals surface area contributed by atoms with Crippen molar-refractivity contribution in [3.63, 3.8) is 0 Å². The van der Waals surface area contributed by atoms with E-state index in [0.717, 1.165) is 22.2 Å². The van der Waals surface area contributed by atoms with Crippen LogP contribution in [0.25, 0.3) is 17.1 Å². The molecule has 4 aromatic rings. The number of halogens is 1. The number of thioether (sulfide) groups is 1. The van der Waals surface area contributed by atoms with Gasteiger partial charge in [-0.25, -0.2) is 0 Å². The number of rotatable bonds is 8. The van der Waals surface area contributed by atoms with E-state index in [1.165, 1.54) is 18.7 Å². The number of hydrogen-bond donors (Lipinski definition) is 0. The van der Waals surface area contributed by atoms with Gasteiger partial charge in [-0.3, -0.25) is 14.3 Å². The normalized spacial score (nSPS) is 10.8. The number of pyridine rings is 1. The van der Waals surface area contributed by atoms with E-state index in [1.54, 1.807) is 24.5 Å². The Bertz CT molecular complexity index is 1180. The maximum atomic E-state index is 11.8. The molecule has 156 valence electrons. The van der Waals surface area contributed by atoms with Crippen LogP contribution in [0.2, 0.25) is 5.02 Å². The zero-order valence-electron chi connectivity index (χ0n) is 16.7. The summed E-state index contributed by atoms with van der Waals surface area (Å²) in [5.74, 6) is 1.92. The molecule has 0 fully saturated rings. The first-order valence-corrected chi connectivity index (χ1v) is 11.0. The number of nitrogens with zero attached hydrogens (tertiary/aromatic N) is 4. The predicted molar refractivity (Wildman–Crippen MR) is 122 cm³/mol. The van der Waals surface area contributed by atoms with Gasteiger partial charge in [0.25, 0.3) is 0 Å². The summed E-state index contributed by atoms with van der Waals surface area (Å²) in [5.41, 5.74) is 2.40. The molecule has 0 saturated heterocycles. The third-order valence-electron chi connectivity index (χ3n) is 4.50. The molecule has 0 amide bonds. The van der Waals surface area contributed by atoms with Crippen LogP contribution >= 0.6 is 23.4 Å². The highest BCUT2D eigenvalue weighted by atomic mass is 35.5. The van der Waals surface area contributed by atoms with Crippen LogP contribution in [0.5, 0.6) is 5.75 Å². The lowest BCUT2D eigenvalue weighted by molar-refractivity contribution is 0.101. The van der Waals surface area contributed by atoms with E-state index < -0.39 is 0 Å². The number of carbonyl (C=O) groups excluding carboxylic acids is 1. The first-order chi connectivity index (χ1) is 15.1. The van der Waals surface area contributed by atoms with Gasteiger partial charge < -0.3 is 4.74 Å². The summed E-state index contributed by atoms with van der Waals surface area (Å²) in [6.07, 6.45) is 3.45. The average Bonchev–Trinajstić information content (AvgIpc) is 3.22. The lowest BCUT2D eigenvalue weighted by atomic mass is 10.1. The van der Waals surface area contributed by atoms with Crippen molar-refractivity contribution < 1.29 is 9.53 Å². The Morgan fingerprint density at radius 3 is 2.52 bits per heavy atom. The molecule has 4 rings (SSSR count). The van der Waals surface area contributed by atoms with E-state index in [4.69, 9.17) is 16.3 Å². The van der Waals surface area contributed by atoms with Gasteiger partial charge in [-0.05, 0) is 55.5 Å². The van der Waals surface area contributed by atoms with Gasteiger partial charge in [-0.1, -0.05) is 35.5 Å². The number of ether oxygens (including phenoxy) is 1. The molecule has 2 aromatic carbocycles. The third kappa shape index (κ3) is 4.95. The standard InChI is InChI=1S/C23H19ClN4O2S/c1-16(29)20-4-2-3-5-21(20)30-14-15-31-23-27-26-22(17-10-12-25-13-11-17)28(23)19-8-6-18(24)7-9-19/h2-13H,14-15H2,1H3. The van der Waals surface area contributed by atoms with Crippen LogP contribution in [0.1, 0.15) is 17.3 Å². The van der Waals surface area contributed by atoms with Gasteiger partial charge in [0, 0.05) is 34.4 Å². The summed E-state index contributed by atoms with van der Waals surface area (Å²) in [6, 6.07) is 18.6. The summed E-state index contributed by atoms with van der Waals surface area (Å²) in [6.45, 7) is 1.96. The third-order valence-corrected chi connectivity index (χ3v) is 5.64. The van der Waals surface area contributed by atoms with Crippen LogP contribution < -0.4 is 4.74 Å². The molecule has 31 heavy (non-hydrogen) atoms. The average molecular weight is 451 g/mol. The quantitative estimate of drug-likeness (QED) is 0.204. The van der Waals surface area contributed by atoms with Crippen molar-refractivity contribution in [2.45, 2.75) is 12.1 Å². The van der Waals surface area contributed by atoms with E-state index in [9.17, 15) is 4.79 Å². The van der Waals surface area contributed by atoms with Crippen LogP contribution in [-0.2, 0) is 0 Å². The van der Waals surface area contributed by atoms with Gasteiger partial charge in [-0.15, -0.1) is 10.2 Å². The van der Waals surface area contributed by atoms with Gasteiger partial charge in [0.15, 0.2) is 16.8 Å². The minimum absolute atomic E-state index is 0.0206. The zero-order chi connectivity index (χ0) is 21.6. The van der Waals surface area contributed by atoms with Crippen LogP contribution in [0.3, 0.4) is 0 Å². The minimum Gasteiger partial charge on any atom is -0.492 e. The van der Waals surface area contributed by atoms with Gasteiger partial charge in [-0.2, -0.15) is 0 Å². The molecule has 0 saturated carbocycles. The molecule has 0 atom stereocenters. The molecule has 0 aliphatic carbocycles. The highest BCUT2D eigenvalue weighted by Crippen LogP contribution is 2.28. The van der Waals surface area contributed by atoms with Crippen molar-refractivity contribution in [1.82, 2.24) is 19.7 Å². The Morgan fingerprint density at radius 2 is 1.77 bits per heavy atom. The van der Waals surface area contributed by atoms with E-state index in [1.807, 2.05) is 53.1 Å². The number of carbonyl (C=O) groups is 1. The van der Waals surface area contributed by atoms with E-state index in [0.29, 0.717) is 28.7 Å². The second-order valence-corrected chi connectivity index (χ2v) is 8.10. The topological polar surface area (TPSA) is 69.9 Å². The summed E-state index contributed by atoms with van der Waals surface area (Å²) in [5, 5.41) is 10.2. The van der Waals surface area contributed by atoms with E-state index in [2.05, 4.69) is 15.2 Å². The minimum atomic E-state index is -0.0206. The molecule has 0 unspecified atom stereocenters. The molecular formula is C23H19ClN4O2S. The fourth-order valence-electron chi connectivity index (χ4n) is 3.04. The lowest BCUT2D eigenvalue weighted by Crippen LogP contribution is -2.06. The van der Waals surface area contributed by atoms with Crippen molar-refractivity contribution in [3.05, 3.63) is 83.6 Å². The second kappa shape index (κ2) is 9.76. The smallest absolute Gasteiger partial charge is 0.196 e. The van der Waals surface area contributed by atoms with Crippen molar-refractivity contribution in [2.75, 3.05) is 12.4 Å². The number of para-hydroxylation sites is 1. The number of benzene rings is 2. The fourth-order valence-corrected chi connectivity index (χ4v) is 3.94. The molecule has 0 aliphatic heterocycles. The molecule has 0 N–H and O–H groups in total. The lowest BCUT2D eigenvalue weighted by Gasteiger charge is -2.11. The van der Waals surface area contributed by atoms with Crippen molar-refractivity contribution >= 4 is 29.1 Å². The highest BCUT2D eigenvalue weighted by Gasteiger charge is 2.16. The number of hydrogen-bond acceptors (Lipinski definition) is 6. The molecule has 2 heterocycles. The number of Topliss-reactive ketones (excluding diaryl/α,β-unsaturated/α-hetero) is 1. The Morgan fingerprint density at radius 1 is 1.03 bits per heavy atom. The number of ketones is 1. The molecule has 0 aliphatic rings. The first-order valence-electron chi connectivity index (χ1n) is 9.61. The number of aromatic nitrogens is 4. The maximum Gasteiger partial charge on any atom is 0.196 e. The maximum absolute atomic E-state index is 11.8. The fraction of sp³-hybridized carbons (Fsp3) is 0.130. The summed E-state index contributed by atoms with van der Waals surface area (Å²) in [7, 11) is 0. The van der Waals surface area contributed by atoms with Gasteiger partial charge in [0.2, 0.25) is 0 Å². The SMILES string of the molecule is CC(=O)c1ccccc1OCCSc1nnc(-c2ccncc2)n1-c1ccc(Cl)cc1. The van der Waals surface area contributed by atoms with Gasteiger partial charge >= 0.3 is 0 Å². The van der Waals surface area contributed by atoms with Crippen LogP contribution in [0.15, 0.2) is 78.2 Å². The highest BCUT2D eigenvalue weighted by molar-refractivity contribution is 7.99. The molecule has 0 spiro atoms. The Kier molecular flexibility index (Phi) is 6.64. The molecule has 0 bridgehead atoms. The predicted octanol–water partition coefficient (Wildman–Crippen LogP) is 5.36. The van der Waals surface area contributed by atoms with Gasteiger partial charge in [0.1, 0.15) is 5.75 Å². The Hall–Kier alpha value is -3.16. The van der Waals surface area contributed by atoms with Crippen LogP contribution in [0, 0.1) is 0 Å². The van der Waals surface area contributed by atoms with E-state index >= 15 is 0 Å². The Balaban J connectivity index is 1.54. The van der Waals surface area contributed by atoms with Crippen molar-refractivity contribution in [3.8, 4) is 22.8 Å². The molecular weight excluding hydrogens is 432 g/mol. The Labute approximate surface area is 189 Å². The summed E-state index contributed by atoms with van der Waals surface area (Å²) >= 11 is 7.60.